The van der Waals surface area contributed by atoms with Gasteiger partial charge in [0, 0.05) is 29.7 Å². The molecule has 0 aliphatic rings. The Balaban J connectivity index is 1.66. The first kappa shape index (κ1) is 23.4. The molecule has 0 saturated heterocycles. The summed E-state index contributed by atoms with van der Waals surface area (Å²) in [5.41, 5.74) is 1.15. The van der Waals surface area contributed by atoms with E-state index in [4.69, 9.17) is 4.74 Å². The Bertz CT molecular complexity index is 1260. The van der Waals surface area contributed by atoms with E-state index >= 15 is 0 Å². The maximum Gasteiger partial charge on any atom is 0.307 e. The van der Waals surface area contributed by atoms with Crippen molar-refractivity contribution in [3.63, 3.8) is 0 Å². The van der Waals surface area contributed by atoms with Gasteiger partial charge < -0.3 is 19.7 Å². The normalized spacial score (nSPS) is 11.2. The molecule has 0 aliphatic carbocycles. The van der Waals surface area contributed by atoms with E-state index in [0.29, 0.717) is 24.4 Å². The lowest BCUT2D eigenvalue weighted by Crippen LogP contribution is -2.18. The minimum absolute atomic E-state index is 0.0171. The predicted molar refractivity (Wildman–Crippen MR) is 123 cm³/mol. The number of phenolic OH excluding ortho intramolecular Hbond substituents is 1. The predicted octanol–water partition coefficient (Wildman–Crippen LogP) is 3.15. The summed E-state index contributed by atoms with van der Waals surface area (Å²) in [6.07, 6.45) is 0.517. The summed E-state index contributed by atoms with van der Waals surface area (Å²) in [7, 11) is -2.45. The molecule has 9 nitrogen and oxygen atoms in total. The fourth-order valence-electron chi connectivity index (χ4n) is 2.94. The zero-order valence-corrected chi connectivity index (χ0v) is 19.1. The largest absolute Gasteiger partial charge is 0.506 e. The Labute approximate surface area is 189 Å². The summed E-state index contributed by atoms with van der Waals surface area (Å²) in [5, 5.41) is 14.3. The molecular formula is C21H23N3O6S2. The van der Waals surface area contributed by atoms with E-state index in [0.717, 1.165) is 17.0 Å². The number of nitrogens with one attached hydrogen (secondary N) is 2. The number of amides is 1. The molecule has 0 spiro atoms. The molecule has 2 aromatic carbocycles. The maximum absolute atomic E-state index is 12.7. The first-order valence-corrected chi connectivity index (χ1v) is 12.0. The van der Waals surface area contributed by atoms with Gasteiger partial charge in [-0.1, -0.05) is 11.3 Å². The van der Waals surface area contributed by atoms with Gasteiger partial charge in [-0.2, -0.15) is 0 Å². The number of ether oxygens (including phenoxy) is 1. The second-order valence-corrected chi connectivity index (χ2v) is 9.46. The molecule has 11 heteroatoms. The second-order valence-electron chi connectivity index (χ2n) is 6.96. The summed E-state index contributed by atoms with van der Waals surface area (Å²) in [5.74, 6) is -0.0767. The summed E-state index contributed by atoms with van der Waals surface area (Å²) >= 11 is 1.11. The lowest BCUT2D eigenvalue weighted by Gasteiger charge is -2.12. The van der Waals surface area contributed by atoms with Crippen LogP contribution < -0.4 is 19.6 Å². The van der Waals surface area contributed by atoms with Gasteiger partial charge in [0.05, 0.1) is 17.7 Å². The molecular weight excluding hydrogens is 454 g/mol. The van der Waals surface area contributed by atoms with Crippen LogP contribution in [0.4, 0.5) is 11.4 Å². The number of rotatable bonds is 9. The first-order valence-electron chi connectivity index (χ1n) is 9.64. The average Bonchev–Trinajstić information content (AvgIpc) is 3.07. The summed E-state index contributed by atoms with van der Waals surface area (Å²) in [6, 6.07) is 9.97. The van der Waals surface area contributed by atoms with Crippen molar-refractivity contribution >= 4 is 38.6 Å². The van der Waals surface area contributed by atoms with Gasteiger partial charge in [-0.25, -0.2) is 8.42 Å². The molecule has 0 atom stereocenters. The number of sulfonamides is 1. The standard InChI is InChI=1S/C21H23N3O6S2/c1-14-13-31-21(27)24(14)11-3-4-20(26)22-18-12-17(9-10-19(18)25)32(28,29)23-15-5-7-16(30-2)8-6-15/h5-10,12-13,23,25H,3-4,11H2,1-2H3,(H,22,26). The highest BCUT2D eigenvalue weighted by molar-refractivity contribution is 7.92. The van der Waals surface area contributed by atoms with Crippen molar-refractivity contribution in [3.8, 4) is 11.5 Å². The van der Waals surface area contributed by atoms with Gasteiger partial charge in [-0.05, 0) is 55.8 Å². The zero-order chi connectivity index (χ0) is 23.3. The fraction of sp³-hybridized carbons (Fsp3) is 0.238. The number of hydrogen-bond acceptors (Lipinski definition) is 7. The van der Waals surface area contributed by atoms with Crippen molar-refractivity contribution in [2.75, 3.05) is 17.1 Å². The van der Waals surface area contributed by atoms with Crippen LogP contribution in [0.3, 0.4) is 0 Å². The third kappa shape index (κ3) is 5.68. The number of carbonyl (C=O) groups is 1. The Morgan fingerprint density at radius 2 is 1.91 bits per heavy atom. The third-order valence-electron chi connectivity index (χ3n) is 4.66. The molecule has 1 heterocycles. The fourth-order valence-corrected chi connectivity index (χ4v) is 4.79. The molecule has 0 fully saturated rings. The van der Waals surface area contributed by atoms with Crippen molar-refractivity contribution in [2.45, 2.75) is 31.2 Å². The molecule has 0 bridgehead atoms. The molecule has 170 valence electrons. The highest BCUT2D eigenvalue weighted by atomic mass is 32.2. The molecule has 1 amide bonds. The number of hydrogen-bond donors (Lipinski definition) is 3. The van der Waals surface area contributed by atoms with Gasteiger partial charge in [-0.3, -0.25) is 14.3 Å². The lowest BCUT2D eigenvalue weighted by molar-refractivity contribution is -0.116. The molecule has 0 radical (unpaired) electrons. The van der Waals surface area contributed by atoms with E-state index in [-0.39, 0.29) is 27.6 Å². The SMILES string of the molecule is COc1ccc(NS(=O)(=O)c2ccc(O)c(NC(=O)CCCn3c(C)csc3=O)c2)cc1. The number of thiazole rings is 1. The number of phenols is 1. The van der Waals surface area contributed by atoms with Crippen LogP contribution in [-0.4, -0.2) is 31.1 Å². The molecule has 0 saturated carbocycles. The third-order valence-corrected chi connectivity index (χ3v) is 6.92. The number of anilines is 2. The molecule has 0 unspecified atom stereocenters. The van der Waals surface area contributed by atoms with Crippen molar-refractivity contribution in [1.82, 2.24) is 4.57 Å². The monoisotopic (exact) mass is 477 g/mol. The number of carbonyl (C=O) groups excluding carboxylic acids is 1. The number of aromatic nitrogens is 1. The van der Waals surface area contributed by atoms with E-state index in [2.05, 4.69) is 10.0 Å². The topological polar surface area (TPSA) is 127 Å². The Morgan fingerprint density at radius 1 is 1.19 bits per heavy atom. The Hall–Kier alpha value is -3.31. The van der Waals surface area contributed by atoms with Crippen molar-refractivity contribution < 1.29 is 23.1 Å². The molecule has 3 N–H and O–H groups in total. The van der Waals surface area contributed by atoms with Crippen LogP contribution in [0, 0.1) is 6.92 Å². The van der Waals surface area contributed by atoms with Crippen LogP contribution in [0.2, 0.25) is 0 Å². The minimum atomic E-state index is -3.95. The summed E-state index contributed by atoms with van der Waals surface area (Å²) < 4.78 is 34.5. The Morgan fingerprint density at radius 3 is 2.53 bits per heavy atom. The highest BCUT2D eigenvalue weighted by Gasteiger charge is 2.17. The molecule has 1 aromatic heterocycles. The first-order chi connectivity index (χ1) is 15.2. The minimum Gasteiger partial charge on any atom is -0.506 e. The van der Waals surface area contributed by atoms with Crippen molar-refractivity contribution in [2.24, 2.45) is 0 Å². The lowest BCUT2D eigenvalue weighted by atomic mass is 10.2. The van der Waals surface area contributed by atoms with Crippen LogP contribution in [0.1, 0.15) is 18.5 Å². The van der Waals surface area contributed by atoms with Crippen LogP contribution in [0.25, 0.3) is 0 Å². The average molecular weight is 478 g/mol. The second kappa shape index (κ2) is 9.88. The Kier molecular flexibility index (Phi) is 7.21. The quantitative estimate of drug-likeness (QED) is 0.407. The van der Waals surface area contributed by atoms with Crippen molar-refractivity contribution in [1.29, 1.82) is 0 Å². The smallest absolute Gasteiger partial charge is 0.307 e. The number of aromatic hydroxyl groups is 1. The van der Waals surface area contributed by atoms with Crippen LogP contribution in [0.5, 0.6) is 11.5 Å². The highest BCUT2D eigenvalue weighted by Crippen LogP contribution is 2.28. The molecule has 32 heavy (non-hydrogen) atoms. The summed E-state index contributed by atoms with van der Waals surface area (Å²) in [6.45, 7) is 2.22. The summed E-state index contributed by atoms with van der Waals surface area (Å²) in [4.78, 5) is 23.8. The molecule has 3 rings (SSSR count). The zero-order valence-electron chi connectivity index (χ0n) is 17.5. The number of nitrogens with zero attached hydrogens (tertiary/aromatic N) is 1. The van der Waals surface area contributed by atoms with Gasteiger partial charge >= 0.3 is 4.87 Å². The number of methoxy groups -OCH3 is 1. The van der Waals surface area contributed by atoms with Crippen LogP contribution in [0.15, 0.2) is 57.5 Å². The molecule has 3 aromatic rings. The number of benzene rings is 2. The number of aryl methyl sites for hydroxylation is 1. The van der Waals surface area contributed by atoms with Gasteiger partial charge in [-0.15, -0.1) is 0 Å². The van der Waals surface area contributed by atoms with Gasteiger partial charge in [0.15, 0.2) is 0 Å². The maximum atomic E-state index is 12.7. The van der Waals surface area contributed by atoms with Crippen LogP contribution in [-0.2, 0) is 21.4 Å². The van der Waals surface area contributed by atoms with E-state index in [1.165, 1.54) is 25.3 Å². The van der Waals surface area contributed by atoms with E-state index in [9.17, 15) is 23.1 Å². The van der Waals surface area contributed by atoms with Gasteiger partial charge in [0.1, 0.15) is 11.5 Å². The van der Waals surface area contributed by atoms with Gasteiger partial charge in [0.25, 0.3) is 10.0 Å². The van der Waals surface area contributed by atoms with Gasteiger partial charge in [0.2, 0.25) is 5.91 Å². The van der Waals surface area contributed by atoms with E-state index < -0.39 is 15.9 Å². The molecule has 0 aliphatic heterocycles. The van der Waals surface area contributed by atoms with E-state index in [1.54, 1.807) is 34.2 Å². The van der Waals surface area contributed by atoms with E-state index in [1.807, 2.05) is 6.92 Å². The van der Waals surface area contributed by atoms with Crippen molar-refractivity contribution in [3.05, 3.63) is 63.2 Å². The van der Waals surface area contributed by atoms with Crippen LogP contribution >= 0.6 is 11.3 Å².